The van der Waals surface area contributed by atoms with Crippen molar-refractivity contribution >= 4 is 5.91 Å². The molecule has 0 aliphatic carbocycles. The largest absolute Gasteiger partial charge is 0.342 e. The van der Waals surface area contributed by atoms with Crippen LogP contribution in [-0.2, 0) is 6.54 Å². The predicted octanol–water partition coefficient (Wildman–Crippen LogP) is 4.32. The van der Waals surface area contributed by atoms with Crippen LogP contribution in [0.2, 0.25) is 0 Å². The second-order valence-electron chi connectivity index (χ2n) is 6.46. The molecule has 0 aliphatic heterocycles. The van der Waals surface area contributed by atoms with Crippen LogP contribution in [0, 0.1) is 0 Å². The van der Waals surface area contributed by atoms with Crippen molar-refractivity contribution in [2.45, 2.75) is 65.8 Å². The molecule has 156 valence electrons. The number of benzene rings is 1. The van der Waals surface area contributed by atoms with E-state index in [1.807, 2.05) is 45.2 Å². The minimum absolute atomic E-state index is 0.0704. The number of hydrogen-bond donors (Lipinski definition) is 3. The van der Waals surface area contributed by atoms with Gasteiger partial charge in [-0.3, -0.25) is 15.2 Å². The van der Waals surface area contributed by atoms with Crippen LogP contribution in [0.3, 0.4) is 0 Å². The van der Waals surface area contributed by atoms with Gasteiger partial charge in [0.15, 0.2) is 0 Å². The van der Waals surface area contributed by atoms with Crippen LogP contribution in [0.5, 0.6) is 0 Å². The van der Waals surface area contributed by atoms with E-state index in [0.717, 1.165) is 24.1 Å². The van der Waals surface area contributed by atoms with Gasteiger partial charge >= 0.3 is 0 Å². The molecule has 0 bridgehead atoms. The maximum Gasteiger partial charge on any atom is 0.253 e. The molecule has 0 unspecified atom stereocenters. The van der Waals surface area contributed by atoms with Crippen LogP contribution in [-0.4, -0.2) is 53.1 Å². The standard InChI is InChI=1S/C19H33N3O3.C2H6/c1-3-4-5-6-7-14-21(2)19(23)18-11-9-17(10-12-18)16-20-13-8-15-22(24)25;1-2/h9-12,20,24-25H,3-8,13-16H2,1-2H3;1-2H3. The van der Waals surface area contributed by atoms with Crippen molar-refractivity contribution < 1.29 is 15.2 Å². The summed E-state index contributed by atoms with van der Waals surface area (Å²) in [5, 5.41) is 20.7. The second kappa shape index (κ2) is 16.7. The molecule has 0 spiro atoms. The van der Waals surface area contributed by atoms with Crippen LogP contribution in [0.25, 0.3) is 0 Å². The van der Waals surface area contributed by atoms with Gasteiger partial charge in [0.2, 0.25) is 0 Å². The Hall–Kier alpha value is -1.47. The zero-order valence-electron chi connectivity index (χ0n) is 17.6. The summed E-state index contributed by atoms with van der Waals surface area (Å²) in [5.41, 5.74) is 1.82. The van der Waals surface area contributed by atoms with Crippen LogP contribution in [0.4, 0.5) is 0 Å². The van der Waals surface area contributed by atoms with Gasteiger partial charge in [0, 0.05) is 25.7 Å². The van der Waals surface area contributed by atoms with Gasteiger partial charge in [0.1, 0.15) is 0 Å². The number of carbonyl (C=O) groups is 1. The summed E-state index contributed by atoms with van der Waals surface area (Å²) >= 11 is 0. The number of rotatable bonds is 13. The minimum Gasteiger partial charge on any atom is -0.342 e. The number of carbonyl (C=O) groups excluding carboxylic acids is 1. The van der Waals surface area contributed by atoms with E-state index >= 15 is 0 Å². The lowest BCUT2D eigenvalue weighted by molar-refractivity contribution is -0.306. The predicted molar refractivity (Wildman–Crippen MR) is 110 cm³/mol. The number of hydrogen-bond acceptors (Lipinski definition) is 5. The van der Waals surface area contributed by atoms with Gasteiger partial charge in [0.25, 0.3) is 5.91 Å². The highest BCUT2D eigenvalue weighted by molar-refractivity contribution is 5.94. The summed E-state index contributed by atoms with van der Waals surface area (Å²) in [5.74, 6) is 0.0704. The van der Waals surface area contributed by atoms with Gasteiger partial charge in [0.05, 0.1) is 6.54 Å². The van der Waals surface area contributed by atoms with Gasteiger partial charge in [-0.25, -0.2) is 0 Å². The molecular formula is C21H39N3O3. The summed E-state index contributed by atoms with van der Waals surface area (Å²) < 4.78 is 0. The molecular weight excluding hydrogens is 342 g/mol. The third-order valence-electron chi connectivity index (χ3n) is 4.19. The Labute approximate surface area is 165 Å². The van der Waals surface area contributed by atoms with E-state index < -0.39 is 0 Å². The zero-order chi connectivity index (χ0) is 20.5. The third kappa shape index (κ3) is 12.5. The maximum atomic E-state index is 12.4. The molecule has 0 fully saturated rings. The molecule has 0 aromatic heterocycles. The van der Waals surface area contributed by atoms with Crippen molar-refractivity contribution in [1.29, 1.82) is 0 Å². The van der Waals surface area contributed by atoms with Crippen molar-refractivity contribution in [3.8, 4) is 0 Å². The van der Waals surface area contributed by atoms with Crippen LogP contribution < -0.4 is 5.32 Å². The molecule has 0 heterocycles. The third-order valence-corrected chi connectivity index (χ3v) is 4.19. The first kappa shape index (κ1) is 25.5. The molecule has 1 aromatic rings. The quantitative estimate of drug-likeness (QED) is 0.350. The Kier molecular flexibility index (Phi) is 15.8. The van der Waals surface area contributed by atoms with Crippen molar-refractivity contribution in [2.24, 2.45) is 0 Å². The van der Waals surface area contributed by atoms with Crippen LogP contribution in [0.15, 0.2) is 24.3 Å². The minimum atomic E-state index is 0.0704. The first-order valence-electron chi connectivity index (χ1n) is 10.2. The molecule has 0 aliphatic rings. The van der Waals surface area contributed by atoms with E-state index in [1.165, 1.54) is 25.7 Å². The molecule has 6 heteroatoms. The molecule has 0 saturated heterocycles. The van der Waals surface area contributed by atoms with Crippen molar-refractivity contribution in [1.82, 2.24) is 15.4 Å². The fourth-order valence-corrected chi connectivity index (χ4v) is 2.62. The van der Waals surface area contributed by atoms with Gasteiger partial charge in [-0.05, 0) is 37.1 Å². The Morgan fingerprint density at radius 1 is 0.963 bits per heavy atom. The summed E-state index contributed by atoms with van der Waals surface area (Å²) in [6.45, 7) is 8.61. The highest BCUT2D eigenvalue weighted by Crippen LogP contribution is 2.09. The summed E-state index contributed by atoms with van der Waals surface area (Å²) in [4.78, 5) is 14.2. The lowest BCUT2D eigenvalue weighted by atomic mass is 10.1. The SMILES string of the molecule is CC.CCCCCCCN(C)C(=O)c1ccc(CNCCCN(O)O)cc1. The average Bonchev–Trinajstić information content (AvgIpc) is 2.68. The second-order valence-corrected chi connectivity index (χ2v) is 6.46. The average molecular weight is 382 g/mol. The van der Waals surface area contributed by atoms with Gasteiger partial charge in [-0.2, -0.15) is 0 Å². The molecule has 3 N–H and O–H groups in total. The molecule has 0 saturated carbocycles. The fraction of sp³-hybridized carbons (Fsp3) is 0.667. The number of unbranched alkanes of at least 4 members (excludes halogenated alkanes) is 4. The number of amides is 1. The monoisotopic (exact) mass is 381 g/mol. The Morgan fingerprint density at radius 2 is 1.59 bits per heavy atom. The lowest BCUT2D eigenvalue weighted by Gasteiger charge is -2.17. The van der Waals surface area contributed by atoms with Gasteiger partial charge in [-0.1, -0.05) is 63.8 Å². The molecule has 1 rings (SSSR count). The van der Waals surface area contributed by atoms with Gasteiger partial charge in [-0.15, -0.1) is 0 Å². The van der Waals surface area contributed by atoms with E-state index in [4.69, 9.17) is 10.4 Å². The molecule has 1 amide bonds. The molecule has 0 radical (unpaired) electrons. The maximum absolute atomic E-state index is 12.4. The molecule has 1 aromatic carbocycles. The highest BCUT2D eigenvalue weighted by atomic mass is 16.8. The summed E-state index contributed by atoms with van der Waals surface area (Å²) in [7, 11) is 1.86. The first-order chi connectivity index (χ1) is 13.0. The molecule has 27 heavy (non-hydrogen) atoms. The van der Waals surface area contributed by atoms with E-state index in [1.54, 1.807) is 4.90 Å². The Bertz CT molecular complexity index is 478. The zero-order valence-corrected chi connectivity index (χ0v) is 17.6. The van der Waals surface area contributed by atoms with Crippen molar-refractivity contribution in [3.63, 3.8) is 0 Å². The topological polar surface area (TPSA) is 76.0 Å². The number of nitrogens with zero attached hydrogens (tertiary/aromatic N) is 2. The van der Waals surface area contributed by atoms with Crippen LogP contribution in [0.1, 0.15) is 75.2 Å². The summed E-state index contributed by atoms with van der Waals surface area (Å²) in [6.07, 6.45) is 6.63. The van der Waals surface area contributed by atoms with Gasteiger partial charge < -0.3 is 10.2 Å². The van der Waals surface area contributed by atoms with E-state index in [2.05, 4.69) is 12.2 Å². The van der Waals surface area contributed by atoms with Crippen LogP contribution >= 0.6 is 0 Å². The lowest BCUT2D eigenvalue weighted by Crippen LogP contribution is -2.27. The van der Waals surface area contributed by atoms with E-state index in [0.29, 0.717) is 19.5 Å². The summed E-state index contributed by atoms with van der Waals surface area (Å²) in [6, 6.07) is 7.66. The normalized spacial score (nSPS) is 10.5. The smallest absolute Gasteiger partial charge is 0.253 e. The van der Waals surface area contributed by atoms with E-state index in [9.17, 15) is 4.79 Å². The van der Waals surface area contributed by atoms with E-state index in [-0.39, 0.29) is 17.7 Å². The number of nitrogens with one attached hydrogen (secondary N) is 1. The Balaban J connectivity index is 0.00000326. The first-order valence-corrected chi connectivity index (χ1v) is 10.2. The fourth-order valence-electron chi connectivity index (χ4n) is 2.62. The van der Waals surface area contributed by atoms with Crippen molar-refractivity contribution in [2.75, 3.05) is 26.7 Å². The highest BCUT2D eigenvalue weighted by Gasteiger charge is 2.10. The number of hydroxylamine groups is 2. The van der Waals surface area contributed by atoms with Crippen molar-refractivity contribution in [3.05, 3.63) is 35.4 Å². The Morgan fingerprint density at radius 3 is 2.19 bits per heavy atom. The molecule has 0 atom stereocenters. The molecule has 6 nitrogen and oxygen atoms in total.